The van der Waals surface area contributed by atoms with E-state index < -0.39 is 0 Å². The zero-order valence-corrected chi connectivity index (χ0v) is 11.5. The molecule has 4 heteroatoms. The van der Waals surface area contributed by atoms with Gasteiger partial charge in [-0.1, -0.05) is 24.6 Å². The van der Waals surface area contributed by atoms with Crippen LogP contribution in [-0.4, -0.2) is 18.5 Å². The molecule has 1 aliphatic rings. The summed E-state index contributed by atoms with van der Waals surface area (Å²) < 4.78 is 4.98. The highest BCUT2D eigenvalue weighted by Crippen LogP contribution is 2.38. The second-order valence-electron chi connectivity index (χ2n) is 5.29. The van der Waals surface area contributed by atoms with Crippen molar-refractivity contribution in [3.05, 3.63) is 29.3 Å². The standard InChI is InChI=1S/C15H19NO3/c1-9-4-5-13(11(3)6-9)16-14(17)8-19-15(18)12-7-10(12)2/h4-6,10,12H,7-8H2,1-3H3,(H,16,17)/t10-,12+/m0/s1. The van der Waals surface area contributed by atoms with Crippen LogP contribution in [0.25, 0.3) is 0 Å². The summed E-state index contributed by atoms with van der Waals surface area (Å²) >= 11 is 0. The van der Waals surface area contributed by atoms with Crippen LogP contribution in [0.1, 0.15) is 24.5 Å². The van der Waals surface area contributed by atoms with Crippen molar-refractivity contribution in [3.63, 3.8) is 0 Å². The summed E-state index contributed by atoms with van der Waals surface area (Å²) in [4.78, 5) is 23.2. The number of carbonyl (C=O) groups is 2. The Hall–Kier alpha value is -1.84. The molecule has 1 amide bonds. The van der Waals surface area contributed by atoms with Gasteiger partial charge in [-0.05, 0) is 37.8 Å². The van der Waals surface area contributed by atoms with Crippen LogP contribution in [-0.2, 0) is 14.3 Å². The number of carbonyl (C=O) groups excluding carboxylic acids is 2. The number of anilines is 1. The van der Waals surface area contributed by atoms with Crippen molar-refractivity contribution >= 4 is 17.6 Å². The van der Waals surface area contributed by atoms with Crippen LogP contribution < -0.4 is 5.32 Å². The lowest BCUT2D eigenvalue weighted by Gasteiger charge is -2.09. The maximum atomic E-state index is 11.7. The van der Waals surface area contributed by atoms with E-state index in [2.05, 4.69) is 5.32 Å². The lowest BCUT2D eigenvalue weighted by atomic mass is 10.1. The highest BCUT2D eigenvalue weighted by Gasteiger charge is 2.40. The lowest BCUT2D eigenvalue weighted by Crippen LogP contribution is -2.22. The van der Waals surface area contributed by atoms with Crippen molar-refractivity contribution in [2.24, 2.45) is 11.8 Å². The molecule has 1 N–H and O–H groups in total. The molecule has 0 aromatic heterocycles. The molecular weight excluding hydrogens is 242 g/mol. The zero-order valence-electron chi connectivity index (χ0n) is 11.5. The summed E-state index contributed by atoms with van der Waals surface area (Å²) in [5, 5.41) is 2.75. The van der Waals surface area contributed by atoms with Crippen molar-refractivity contribution in [2.45, 2.75) is 27.2 Å². The topological polar surface area (TPSA) is 55.4 Å². The number of nitrogens with one attached hydrogen (secondary N) is 1. The van der Waals surface area contributed by atoms with Crippen molar-refractivity contribution < 1.29 is 14.3 Å². The van der Waals surface area contributed by atoms with Crippen LogP contribution in [0.3, 0.4) is 0 Å². The van der Waals surface area contributed by atoms with Crippen LogP contribution in [0, 0.1) is 25.7 Å². The molecule has 0 aliphatic heterocycles. The van der Waals surface area contributed by atoms with Gasteiger partial charge in [0.15, 0.2) is 6.61 Å². The average molecular weight is 261 g/mol. The van der Waals surface area contributed by atoms with Crippen LogP contribution in [0.5, 0.6) is 0 Å². The molecule has 2 atom stereocenters. The van der Waals surface area contributed by atoms with E-state index in [0.717, 1.165) is 23.2 Å². The molecule has 1 saturated carbocycles. The SMILES string of the molecule is Cc1ccc(NC(=O)COC(=O)[C@@H]2C[C@@H]2C)c(C)c1. The quantitative estimate of drug-likeness (QED) is 0.847. The first-order valence-electron chi connectivity index (χ1n) is 6.51. The first-order chi connectivity index (χ1) is 8.97. The van der Waals surface area contributed by atoms with E-state index in [0.29, 0.717) is 5.92 Å². The second kappa shape index (κ2) is 5.43. The van der Waals surface area contributed by atoms with Gasteiger partial charge in [-0.15, -0.1) is 0 Å². The number of rotatable bonds is 4. The van der Waals surface area contributed by atoms with Gasteiger partial charge in [0.25, 0.3) is 5.91 Å². The van der Waals surface area contributed by atoms with E-state index in [1.807, 2.05) is 39.0 Å². The number of amides is 1. The minimum Gasteiger partial charge on any atom is -0.455 e. The number of benzene rings is 1. The molecule has 0 saturated heterocycles. The Morgan fingerprint density at radius 1 is 1.37 bits per heavy atom. The summed E-state index contributed by atoms with van der Waals surface area (Å²) in [6.45, 7) is 5.72. The molecule has 1 aromatic carbocycles. The molecule has 102 valence electrons. The molecule has 19 heavy (non-hydrogen) atoms. The van der Waals surface area contributed by atoms with Gasteiger partial charge in [-0.3, -0.25) is 9.59 Å². The molecule has 0 heterocycles. The van der Waals surface area contributed by atoms with Gasteiger partial charge >= 0.3 is 5.97 Å². The van der Waals surface area contributed by atoms with Crippen LogP contribution in [0.2, 0.25) is 0 Å². The molecule has 1 aromatic rings. The molecule has 4 nitrogen and oxygen atoms in total. The monoisotopic (exact) mass is 261 g/mol. The molecule has 1 aliphatic carbocycles. The number of aryl methyl sites for hydroxylation is 2. The fourth-order valence-electron chi connectivity index (χ4n) is 2.03. The van der Waals surface area contributed by atoms with Gasteiger partial charge < -0.3 is 10.1 Å². The summed E-state index contributed by atoms with van der Waals surface area (Å²) in [5.41, 5.74) is 2.89. The van der Waals surface area contributed by atoms with Gasteiger partial charge in [-0.25, -0.2) is 0 Å². The Labute approximate surface area is 113 Å². The number of esters is 1. The zero-order chi connectivity index (χ0) is 14.0. The maximum absolute atomic E-state index is 11.7. The third kappa shape index (κ3) is 3.56. The van der Waals surface area contributed by atoms with E-state index in [1.54, 1.807) is 0 Å². The summed E-state index contributed by atoms with van der Waals surface area (Å²) in [6.07, 6.45) is 0.873. The van der Waals surface area contributed by atoms with Crippen molar-refractivity contribution in [2.75, 3.05) is 11.9 Å². The first-order valence-corrected chi connectivity index (χ1v) is 6.51. The van der Waals surface area contributed by atoms with E-state index in [4.69, 9.17) is 4.74 Å². The molecule has 0 unspecified atom stereocenters. The van der Waals surface area contributed by atoms with Crippen LogP contribution >= 0.6 is 0 Å². The van der Waals surface area contributed by atoms with Crippen LogP contribution in [0.4, 0.5) is 5.69 Å². The fourth-order valence-corrected chi connectivity index (χ4v) is 2.03. The highest BCUT2D eigenvalue weighted by molar-refractivity contribution is 5.93. The van der Waals surface area contributed by atoms with Gasteiger partial charge in [0.1, 0.15) is 0 Å². The van der Waals surface area contributed by atoms with Crippen LogP contribution in [0.15, 0.2) is 18.2 Å². The third-order valence-electron chi connectivity index (χ3n) is 3.41. The normalized spacial score (nSPS) is 20.8. The van der Waals surface area contributed by atoms with Gasteiger partial charge in [0.05, 0.1) is 5.92 Å². The molecular formula is C15H19NO3. The van der Waals surface area contributed by atoms with E-state index in [9.17, 15) is 9.59 Å². The smallest absolute Gasteiger partial charge is 0.309 e. The minimum atomic E-state index is -0.298. The molecule has 1 fully saturated rings. The average Bonchev–Trinajstić information content (AvgIpc) is 3.07. The predicted octanol–water partition coefficient (Wildman–Crippen LogP) is 2.44. The Morgan fingerprint density at radius 2 is 2.05 bits per heavy atom. The molecule has 2 rings (SSSR count). The summed E-state index contributed by atoms with van der Waals surface area (Å²) in [7, 11) is 0. The lowest BCUT2D eigenvalue weighted by molar-refractivity contribution is -0.148. The van der Waals surface area contributed by atoms with E-state index in [-0.39, 0.29) is 24.4 Å². The summed E-state index contributed by atoms with van der Waals surface area (Å²) in [5.74, 6) is -0.166. The highest BCUT2D eigenvalue weighted by atomic mass is 16.5. The number of hydrogen-bond acceptors (Lipinski definition) is 3. The Balaban J connectivity index is 1.82. The van der Waals surface area contributed by atoms with Crippen molar-refractivity contribution in [1.82, 2.24) is 0 Å². The van der Waals surface area contributed by atoms with Crippen molar-refractivity contribution in [1.29, 1.82) is 0 Å². The molecule has 0 radical (unpaired) electrons. The Kier molecular flexibility index (Phi) is 3.88. The Bertz CT molecular complexity index is 510. The van der Waals surface area contributed by atoms with Gasteiger partial charge in [-0.2, -0.15) is 0 Å². The predicted molar refractivity (Wildman–Crippen MR) is 72.8 cm³/mol. The Morgan fingerprint density at radius 3 is 2.63 bits per heavy atom. The van der Waals surface area contributed by atoms with E-state index in [1.165, 1.54) is 0 Å². The molecule has 0 spiro atoms. The largest absolute Gasteiger partial charge is 0.455 e. The fraction of sp³-hybridized carbons (Fsp3) is 0.467. The minimum absolute atomic E-state index is 0.00564. The molecule has 0 bridgehead atoms. The van der Waals surface area contributed by atoms with E-state index >= 15 is 0 Å². The van der Waals surface area contributed by atoms with Crippen molar-refractivity contribution in [3.8, 4) is 0 Å². The summed E-state index contributed by atoms with van der Waals surface area (Å²) in [6, 6.07) is 5.78. The number of hydrogen-bond donors (Lipinski definition) is 1. The van der Waals surface area contributed by atoms with Gasteiger partial charge in [0, 0.05) is 5.69 Å². The number of ether oxygens (including phenoxy) is 1. The van der Waals surface area contributed by atoms with Gasteiger partial charge in [0.2, 0.25) is 0 Å². The third-order valence-corrected chi connectivity index (χ3v) is 3.41. The first kappa shape index (κ1) is 13.6. The maximum Gasteiger partial charge on any atom is 0.309 e. The second-order valence-corrected chi connectivity index (χ2v) is 5.29.